The lowest BCUT2D eigenvalue weighted by Crippen LogP contribution is -2.30. The second kappa shape index (κ2) is 8.19. The maximum absolute atomic E-state index is 13.0. The zero-order valence-electron chi connectivity index (χ0n) is 16.8. The molecule has 0 atom stereocenters. The predicted molar refractivity (Wildman–Crippen MR) is 128 cm³/mol. The standard InChI is InChI=1S/C25H17Cl2N3O2/c26-20-11-10-16(12-21(20)27)14-29-15-17(19-8-4-5-9-23(19)29)13-22-24(31)30(25(32)28-22)18-6-2-1-3-7-18/h1-13,15H,14H2,(H,28,32)/b22-13+. The molecule has 5 nitrogen and oxygen atoms in total. The summed E-state index contributed by atoms with van der Waals surface area (Å²) in [4.78, 5) is 26.6. The van der Waals surface area contributed by atoms with Crippen molar-refractivity contribution in [2.24, 2.45) is 0 Å². The van der Waals surface area contributed by atoms with Crippen LogP contribution in [0.5, 0.6) is 0 Å². The van der Waals surface area contributed by atoms with E-state index >= 15 is 0 Å². The summed E-state index contributed by atoms with van der Waals surface area (Å²) in [6.07, 6.45) is 3.68. The molecule has 4 aromatic rings. The Hall–Kier alpha value is -3.54. The number of anilines is 1. The highest BCUT2D eigenvalue weighted by Crippen LogP contribution is 2.28. The number of para-hydroxylation sites is 2. The van der Waals surface area contributed by atoms with Crippen molar-refractivity contribution in [3.05, 3.63) is 106 Å². The first kappa shape index (κ1) is 20.4. The first-order chi connectivity index (χ1) is 15.5. The third-order valence-corrected chi connectivity index (χ3v) is 6.09. The lowest BCUT2D eigenvalue weighted by atomic mass is 10.1. The number of hydrogen-bond donors (Lipinski definition) is 1. The number of fused-ring (bicyclic) bond motifs is 1. The number of imide groups is 1. The summed E-state index contributed by atoms with van der Waals surface area (Å²) in [6.45, 7) is 0.580. The van der Waals surface area contributed by atoms with Crippen LogP contribution >= 0.6 is 23.2 Å². The molecule has 0 bridgehead atoms. The Balaban J connectivity index is 1.52. The molecule has 0 radical (unpaired) electrons. The van der Waals surface area contributed by atoms with E-state index < -0.39 is 6.03 Å². The maximum atomic E-state index is 13.0. The van der Waals surface area contributed by atoms with Crippen LogP contribution in [-0.2, 0) is 11.3 Å². The number of urea groups is 1. The highest BCUT2D eigenvalue weighted by molar-refractivity contribution is 6.42. The van der Waals surface area contributed by atoms with Crippen LogP contribution in [0.15, 0.2) is 84.7 Å². The molecule has 32 heavy (non-hydrogen) atoms. The Morgan fingerprint density at radius 3 is 2.41 bits per heavy atom. The molecular weight excluding hydrogens is 445 g/mol. The van der Waals surface area contributed by atoms with Gasteiger partial charge in [0.25, 0.3) is 5.91 Å². The summed E-state index contributed by atoms with van der Waals surface area (Å²) in [6, 6.07) is 21.9. The lowest BCUT2D eigenvalue weighted by molar-refractivity contribution is -0.113. The zero-order valence-corrected chi connectivity index (χ0v) is 18.3. The molecule has 0 aliphatic carbocycles. The van der Waals surface area contributed by atoms with Crippen molar-refractivity contribution >= 4 is 57.8 Å². The van der Waals surface area contributed by atoms with Gasteiger partial charge < -0.3 is 9.88 Å². The lowest BCUT2D eigenvalue weighted by Gasteiger charge is -2.10. The van der Waals surface area contributed by atoms with Crippen molar-refractivity contribution in [1.29, 1.82) is 0 Å². The van der Waals surface area contributed by atoms with Gasteiger partial charge in [0.05, 0.1) is 15.7 Å². The number of carbonyl (C=O) groups excluding carboxylic acids is 2. The highest BCUT2D eigenvalue weighted by atomic mass is 35.5. The summed E-state index contributed by atoms with van der Waals surface area (Å²) >= 11 is 12.2. The van der Waals surface area contributed by atoms with Crippen molar-refractivity contribution in [2.45, 2.75) is 6.54 Å². The number of aromatic nitrogens is 1. The zero-order chi connectivity index (χ0) is 22.2. The Kier molecular flexibility index (Phi) is 5.21. The molecule has 0 spiro atoms. The summed E-state index contributed by atoms with van der Waals surface area (Å²) < 4.78 is 2.08. The van der Waals surface area contributed by atoms with E-state index in [4.69, 9.17) is 23.2 Å². The second-order valence-electron chi connectivity index (χ2n) is 7.44. The van der Waals surface area contributed by atoms with Gasteiger partial charge in [-0.3, -0.25) is 4.79 Å². The Labute approximate surface area is 194 Å². The topological polar surface area (TPSA) is 54.3 Å². The average Bonchev–Trinajstić information content (AvgIpc) is 3.28. The van der Waals surface area contributed by atoms with Crippen LogP contribution in [0.1, 0.15) is 11.1 Å². The van der Waals surface area contributed by atoms with E-state index in [9.17, 15) is 9.59 Å². The van der Waals surface area contributed by atoms with Crippen LogP contribution in [0.2, 0.25) is 10.0 Å². The molecule has 0 unspecified atom stereocenters. The van der Waals surface area contributed by atoms with Gasteiger partial charge in [-0.25, -0.2) is 9.69 Å². The molecule has 0 saturated carbocycles. The van der Waals surface area contributed by atoms with Gasteiger partial charge in [0, 0.05) is 29.2 Å². The van der Waals surface area contributed by atoms with Crippen LogP contribution < -0.4 is 10.2 Å². The number of rotatable bonds is 4. The summed E-state index contributed by atoms with van der Waals surface area (Å²) in [5, 5.41) is 4.68. The van der Waals surface area contributed by atoms with E-state index in [0.29, 0.717) is 22.3 Å². The molecule has 5 rings (SSSR count). The molecule has 7 heteroatoms. The van der Waals surface area contributed by atoms with Gasteiger partial charge in [-0.05, 0) is 42.0 Å². The van der Waals surface area contributed by atoms with E-state index in [2.05, 4.69) is 9.88 Å². The van der Waals surface area contributed by atoms with Crippen LogP contribution in [0.3, 0.4) is 0 Å². The molecule has 1 aliphatic rings. The number of hydrogen-bond acceptors (Lipinski definition) is 2. The molecule has 1 saturated heterocycles. The molecule has 3 amide bonds. The summed E-state index contributed by atoms with van der Waals surface area (Å²) in [5.41, 5.74) is 3.60. The fourth-order valence-electron chi connectivity index (χ4n) is 3.86. The van der Waals surface area contributed by atoms with Crippen LogP contribution in [0, 0.1) is 0 Å². The van der Waals surface area contributed by atoms with E-state index in [0.717, 1.165) is 26.9 Å². The van der Waals surface area contributed by atoms with Gasteiger partial charge in [0.2, 0.25) is 0 Å². The van der Waals surface area contributed by atoms with Gasteiger partial charge in [-0.2, -0.15) is 0 Å². The van der Waals surface area contributed by atoms with Gasteiger partial charge in [0.1, 0.15) is 5.70 Å². The van der Waals surface area contributed by atoms with E-state index in [1.165, 1.54) is 0 Å². The SMILES string of the molecule is O=C1N/C(=C/c2cn(Cc3ccc(Cl)c(Cl)c3)c3ccccc23)C(=O)N1c1ccccc1. The third kappa shape index (κ3) is 3.66. The van der Waals surface area contributed by atoms with Crippen molar-refractivity contribution < 1.29 is 9.59 Å². The first-order valence-electron chi connectivity index (χ1n) is 9.95. The van der Waals surface area contributed by atoms with Gasteiger partial charge in [-0.15, -0.1) is 0 Å². The van der Waals surface area contributed by atoms with Crippen molar-refractivity contribution in [1.82, 2.24) is 9.88 Å². The minimum Gasteiger partial charge on any atom is -0.342 e. The molecule has 158 valence electrons. The Morgan fingerprint density at radius 1 is 0.875 bits per heavy atom. The van der Waals surface area contributed by atoms with E-state index in [1.807, 2.05) is 48.7 Å². The minimum atomic E-state index is -0.466. The Bertz CT molecular complexity index is 1390. The van der Waals surface area contributed by atoms with Gasteiger partial charge >= 0.3 is 6.03 Å². The number of amides is 3. The number of nitrogens with one attached hydrogen (secondary N) is 1. The van der Waals surface area contributed by atoms with Crippen LogP contribution in [0.25, 0.3) is 17.0 Å². The molecule has 2 heterocycles. The Morgan fingerprint density at radius 2 is 1.62 bits per heavy atom. The average molecular weight is 462 g/mol. The number of nitrogens with zero attached hydrogens (tertiary/aromatic N) is 2. The molecular formula is C25H17Cl2N3O2. The first-order valence-corrected chi connectivity index (χ1v) is 10.7. The van der Waals surface area contributed by atoms with Crippen molar-refractivity contribution in [3.8, 4) is 0 Å². The van der Waals surface area contributed by atoms with Crippen LogP contribution in [0.4, 0.5) is 10.5 Å². The molecule has 3 aromatic carbocycles. The van der Waals surface area contributed by atoms with Crippen molar-refractivity contribution in [3.63, 3.8) is 0 Å². The van der Waals surface area contributed by atoms with Gasteiger partial charge in [0.15, 0.2) is 0 Å². The molecule has 1 aliphatic heterocycles. The maximum Gasteiger partial charge on any atom is 0.333 e. The molecule has 1 aromatic heterocycles. The highest BCUT2D eigenvalue weighted by Gasteiger charge is 2.34. The van der Waals surface area contributed by atoms with Gasteiger partial charge in [-0.1, -0.05) is 65.7 Å². The monoisotopic (exact) mass is 461 g/mol. The quantitative estimate of drug-likeness (QED) is 0.295. The van der Waals surface area contributed by atoms with Crippen LogP contribution in [-0.4, -0.2) is 16.5 Å². The summed E-state index contributed by atoms with van der Waals surface area (Å²) in [7, 11) is 0. The summed E-state index contributed by atoms with van der Waals surface area (Å²) in [5.74, 6) is -0.387. The fourth-order valence-corrected chi connectivity index (χ4v) is 4.18. The number of carbonyl (C=O) groups is 2. The van der Waals surface area contributed by atoms with Crippen molar-refractivity contribution in [2.75, 3.05) is 4.90 Å². The normalized spacial score (nSPS) is 15.1. The molecule has 1 N–H and O–H groups in total. The third-order valence-electron chi connectivity index (χ3n) is 5.35. The number of benzene rings is 3. The molecule has 1 fully saturated rings. The van der Waals surface area contributed by atoms with E-state index in [1.54, 1.807) is 36.4 Å². The fraction of sp³-hybridized carbons (Fsp3) is 0.0400. The van der Waals surface area contributed by atoms with E-state index in [-0.39, 0.29) is 11.6 Å². The second-order valence-corrected chi connectivity index (χ2v) is 8.26. The number of halogens is 2. The smallest absolute Gasteiger partial charge is 0.333 e. The predicted octanol–water partition coefficient (Wildman–Crippen LogP) is 6.09. The largest absolute Gasteiger partial charge is 0.342 e. The minimum absolute atomic E-state index is 0.233.